The van der Waals surface area contributed by atoms with Gasteiger partial charge in [-0.25, -0.2) is 4.79 Å². The fraction of sp³-hybridized carbons (Fsp3) is 0.308. The molecule has 0 aliphatic carbocycles. The molecule has 0 radical (unpaired) electrons. The Morgan fingerprint density at radius 2 is 2.21 bits per heavy atom. The van der Waals surface area contributed by atoms with E-state index in [1.165, 1.54) is 12.1 Å². The Labute approximate surface area is 119 Å². The number of hydrogen-bond acceptors (Lipinski definition) is 4. The van der Waals surface area contributed by atoms with Crippen LogP contribution in [-0.2, 0) is 9.53 Å². The lowest BCUT2D eigenvalue weighted by molar-refractivity contribution is -0.131. The van der Waals surface area contributed by atoms with Crippen molar-refractivity contribution in [2.24, 2.45) is 0 Å². The largest absolute Gasteiger partial charge is 0.508 e. The van der Waals surface area contributed by atoms with Gasteiger partial charge < -0.3 is 20.1 Å². The summed E-state index contributed by atoms with van der Waals surface area (Å²) >= 11 is 3.24. The van der Waals surface area contributed by atoms with Crippen molar-refractivity contribution in [1.82, 2.24) is 0 Å². The summed E-state index contributed by atoms with van der Waals surface area (Å²) in [5, 5.41) is 28.5. The molecule has 1 aromatic rings. The molecule has 104 valence electrons. The molecular weight excluding hydrogens is 316 g/mol. The van der Waals surface area contributed by atoms with Crippen LogP contribution in [0.5, 0.6) is 5.75 Å². The lowest BCUT2D eigenvalue weighted by Crippen LogP contribution is -2.20. The Bertz CT molecular complexity index is 472. The number of aliphatic carboxylic acids is 1. The van der Waals surface area contributed by atoms with E-state index in [1.54, 1.807) is 19.1 Å². The summed E-state index contributed by atoms with van der Waals surface area (Å²) in [6, 6.07) is 4.63. The molecule has 1 rings (SSSR count). The zero-order chi connectivity index (χ0) is 14.4. The quantitative estimate of drug-likeness (QED) is 0.696. The second-order valence-electron chi connectivity index (χ2n) is 3.77. The molecule has 0 spiro atoms. The molecule has 0 saturated heterocycles. The van der Waals surface area contributed by atoms with E-state index in [9.17, 15) is 15.0 Å². The third kappa shape index (κ3) is 4.66. The first kappa shape index (κ1) is 15.7. The predicted octanol–water partition coefficient (Wildman–Crippen LogP) is 2.23. The third-order valence-corrected chi connectivity index (χ3v) is 2.90. The summed E-state index contributed by atoms with van der Waals surface area (Å²) < 4.78 is 5.97. The Hall–Kier alpha value is -1.37. The fourth-order valence-corrected chi connectivity index (χ4v) is 1.94. The predicted molar refractivity (Wildman–Crippen MR) is 73.0 cm³/mol. The molecular formula is C13H15BrO5. The van der Waals surface area contributed by atoms with Crippen molar-refractivity contribution in [3.05, 3.63) is 40.4 Å². The normalized spacial score (nSPS) is 14.5. The van der Waals surface area contributed by atoms with Gasteiger partial charge in [0, 0.05) is 22.7 Å². The number of aliphatic hydroxyl groups excluding tert-OH is 1. The number of halogens is 1. The van der Waals surface area contributed by atoms with Crippen LogP contribution in [0.1, 0.15) is 18.6 Å². The van der Waals surface area contributed by atoms with Gasteiger partial charge in [-0.1, -0.05) is 15.9 Å². The van der Waals surface area contributed by atoms with E-state index in [1.807, 2.05) is 0 Å². The maximum atomic E-state index is 10.5. The minimum absolute atomic E-state index is 0.0795. The smallest absolute Gasteiger partial charge is 0.328 e. The van der Waals surface area contributed by atoms with Crippen LogP contribution in [0.15, 0.2) is 34.8 Å². The van der Waals surface area contributed by atoms with Crippen molar-refractivity contribution in [2.75, 3.05) is 6.61 Å². The standard InChI is InChI=1S/C13H15BrO5/c1-2-19-11(5-6-12(16)17)13(18)9-7-8(14)3-4-10(9)15/h3-7,11,13,15,18H,2H2,1H3,(H,16,17)/b6-5+/t11-,13-/m0/s1. The number of carbonyl (C=O) groups is 1. The Balaban J connectivity index is 3.01. The summed E-state index contributed by atoms with van der Waals surface area (Å²) in [6.45, 7) is 2.04. The molecule has 2 atom stereocenters. The van der Waals surface area contributed by atoms with Crippen molar-refractivity contribution < 1.29 is 24.9 Å². The van der Waals surface area contributed by atoms with Crippen LogP contribution < -0.4 is 0 Å². The van der Waals surface area contributed by atoms with Gasteiger partial charge in [-0.15, -0.1) is 0 Å². The molecule has 5 nitrogen and oxygen atoms in total. The second-order valence-corrected chi connectivity index (χ2v) is 4.68. The molecule has 0 unspecified atom stereocenters. The molecule has 0 aliphatic rings. The lowest BCUT2D eigenvalue weighted by Gasteiger charge is -2.21. The highest BCUT2D eigenvalue weighted by molar-refractivity contribution is 9.10. The topological polar surface area (TPSA) is 87.0 Å². The number of aliphatic hydroxyl groups is 1. The van der Waals surface area contributed by atoms with E-state index < -0.39 is 18.2 Å². The highest BCUT2D eigenvalue weighted by Crippen LogP contribution is 2.30. The Morgan fingerprint density at radius 1 is 1.53 bits per heavy atom. The number of rotatable bonds is 6. The average molecular weight is 331 g/mol. The molecule has 0 aliphatic heterocycles. The number of ether oxygens (including phenoxy) is 1. The number of phenols is 1. The van der Waals surface area contributed by atoms with E-state index in [0.717, 1.165) is 6.08 Å². The summed E-state index contributed by atoms with van der Waals surface area (Å²) in [7, 11) is 0. The zero-order valence-electron chi connectivity index (χ0n) is 10.3. The highest BCUT2D eigenvalue weighted by Gasteiger charge is 2.22. The van der Waals surface area contributed by atoms with Gasteiger partial charge in [-0.2, -0.15) is 0 Å². The van der Waals surface area contributed by atoms with E-state index >= 15 is 0 Å². The van der Waals surface area contributed by atoms with Crippen molar-refractivity contribution in [2.45, 2.75) is 19.1 Å². The lowest BCUT2D eigenvalue weighted by atomic mass is 10.0. The molecule has 0 bridgehead atoms. The summed E-state index contributed by atoms with van der Waals surface area (Å²) in [4.78, 5) is 10.5. The van der Waals surface area contributed by atoms with Crippen molar-refractivity contribution >= 4 is 21.9 Å². The molecule has 0 aromatic heterocycles. The number of phenolic OH excluding ortho intramolecular Hbond substituents is 1. The molecule has 0 heterocycles. The second kappa shape index (κ2) is 7.28. The van der Waals surface area contributed by atoms with Crippen LogP contribution in [0.3, 0.4) is 0 Å². The molecule has 3 N–H and O–H groups in total. The monoisotopic (exact) mass is 330 g/mol. The van der Waals surface area contributed by atoms with Crippen molar-refractivity contribution in [3.63, 3.8) is 0 Å². The van der Waals surface area contributed by atoms with Crippen molar-refractivity contribution in [1.29, 1.82) is 0 Å². The first-order chi connectivity index (χ1) is 8.95. The first-order valence-corrected chi connectivity index (χ1v) is 6.44. The van der Waals surface area contributed by atoms with Gasteiger partial charge in [0.05, 0.1) is 0 Å². The van der Waals surface area contributed by atoms with Gasteiger partial charge >= 0.3 is 5.97 Å². The van der Waals surface area contributed by atoms with Gasteiger partial charge in [-0.3, -0.25) is 0 Å². The number of carboxylic acid groups (broad SMARTS) is 1. The number of aromatic hydroxyl groups is 1. The molecule has 0 saturated carbocycles. The van der Waals surface area contributed by atoms with Crippen LogP contribution in [0, 0.1) is 0 Å². The van der Waals surface area contributed by atoms with Crippen LogP contribution in [0.4, 0.5) is 0 Å². The van der Waals surface area contributed by atoms with E-state index in [2.05, 4.69) is 15.9 Å². The third-order valence-electron chi connectivity index (χ3n) is 2.41. The summed E-state index contributed by atoms with van der Waals surface area (Å²) in [5.74, 6) is -1.21. The van der Waals surface area contributed by atoms with E-state index in [4.69, 9.17) is 9.84 Å². The maximum Gasteiger partial charge on any atom is 0.328 e. The SMILES string of the molecule is CCO[C@@H](/C=C/C(=O)O)[C@@H](O)c1cc(Br)ccc1O. The molecule has 0 fully saturated rings. The Kier molecular flexibility index (Phi) is 6.01. The number of benzene rings is 1. The number of carboxylic acids is 1. The van der Waals surface area contributed by atoms with Crippen LogP contribution in [-0.4, -0.2) is 34.0 Å². The van der Waals surface area contributed by atoms with E-state index in [-0.39, 0.29) is 11.3 Å². The van der Waals surface area contributed by atoms with Crippen LogP contribution >= 0.6 is 15.9 Å². The highest BCUT2D eigenvalue weighted by atomic mass is 79.9. The first-order valence-electron chi connectivity index (χ1n) is 5.65. The van der Waals surface area contributed by atoms with Crippen LogP contribution in [0.2, 0.25) is 0 Å². The number of hydrogen-bond donors (Lipinski definition) is 3. The molecule has 1 aromatic carbocycles. The van der Waals surface area contributed by atoms with Gasteiger partial charge in [-0.05, 0) is 31.2 Å². The average Bonchev–Trinajstić information content (AvgIpc) is 2.36. The minimum atomic E-state index is -1.16. The minimum Gasteiger partial charge on any atom is -0.508 e. The maximum absolute atomic E-state index is 10.5. The molecule has 6 heteroatoms. The van der Waals surface area contributed by atoms with Gasteiger partial charge in [0.15, 0.2) is 0 Å². The van der Waals surface area contributed by atoms with Gasteiger partial charge in [0.1, 0.15) is 18.0 Å². The van der Waals surface area contributed by atoms with E-state index in [0.29, 0.717) is 11.1 Å². The van der Waals surface area contributed by atoms with Gasteiger partial charge in [0.2, 0.25) is 0 Å². The van der Waals surface area contributed by atoms with Crippen molar-refractivity contribution in [3.8, 4) is 5.75 Å². The zero-order valence-corrected chi connectivity index (χ0v) is 11.9. The molecule has 0 amide bonds. The Morgan fingerprint density at radius 3 is 2.79 bits per heavy atom. The van der Waals surface area contributed by atoms with Crippen LogP contribution in [0.25, 0.3) is 0 Å². The fourth-order valence-electron chi connectivity index (χ4n) is 1.56. The van der Waals surface area contributed by atoms with Gasteiger partial charge in [0.25, 0.3) is 0 Å². The summed E-state index contributed by atoms with van der Waals surface area (Å²) in [5.41, 5.74) is 0.267. The molecule has 19 heavy (non-hydrogen) atoms. The summed E-state index contributed by atoms with van der Waals surface area (Å²) in [6.07, 6.45) is 0.143.